The highest BCUT2D eigenvalue weighted by Crippen LogP contribution is 2.48. The third-order valence-electron chi connectivity index (χ3n) is 2.01. The predicted octanol–water partition coefficient (Wildman–Crippen LogP) is 4.26. The van der Waals surface area contributed by atoms with Gasteiger partial charge in [0.05, 0.1) is 5.56 Å². The molecule has 0 spiro atoms. The second-order valence-corrected chi connectivity index (χ2v) is 12.4. The largest absolute Gasteiger partial charge is 0.417 e. The van der Waals surface area contributed by atoms with Crippen LogP contribution in [0.1, 0.15) is 15.9 Å². The van der Waals surface area contributed by atoms with Crippen molar-refractivity contribution in [3.63, 3.8) is 0 Å². The number of carbonyl (C=O) groups excluding carboxylic acids is 1. The Balaban J connectivity index is 3.11. The summed E-state index contributed by atoms with van der Waals surface area (Å²) in [6, 6.07) is 4.89. The Hall–Kier alpha value is -0.490. The first-order valence-corrected chi connectivity index (χ1v) is 9.17. The van der Waals surface area contributed by atoms with Gasteiger partial charge in [0.25, 0.3) is 0 Å². The molecule has 0 aliphatic rings. The zero-order valence-corrected chi connectivity index (χ0v) is 11.7. The van der Waals surface area contributed by atoms with Crippen LogP contribution in [0.2, 0.25) is 0 Å². The quantitative estimate of drug-likeness (QED) is 0.757. The summed E-state index contributed by atoms with van der Waals surface area (Å²) < 4.78 is 38.1. The van der Waals surface area contributed by atoms with E-state index in [1.807, 2.05) is 12.5 Å². The second-order valence-electron chi connectivity index (χ2n) is 4.01. The molecule has 1 aromatic rings. The Morgan fingerprint density at radius 1 is 1.29 bits per heavy atom. The number of hydrogen-bond acceptors (Lipinski definition) is 1. The fraction of sp³-hybridized carbons (Fsp3) is 0.364. The molecule has 0 saturated heterocycles. The topological polar surface area (TPSA) is 17.1 Å². The summed E-state index contributed by atoms with van der Waals surface area (Å²) >= 11 is 3.33. The van der Waals surface area contributed by atoms with Gasteiger partial charge < -0.3 is 0 Å². The number of rotatable bonds is 3. The fourth-order valence-corrected chi connectivity index (χ4v) is 2.77. The standard InChI is InChI=1S/C11H12BrF3OS/c1-17(2,12)7-10(16)8-5-3-4-6-9(8)11(13,14)15/h3-6H,7H2,1-2H3. The van der Waals surface area contributed by atoms with Gasteiger partial charge in [-0.1, -0.05) is 18.2 Å². The Morgan fingerprint density at radius 3 is 2.29 bits per heavy atom. The van der Waals surface area contributed by atoms with Crippen LogP contribution < -0.4 is 0 Å². The summed E-state index contributed by atoms with van der Waals surface area (Å²) in [6.45, 7) is 0. The van der Waals surface area contributed by atoms with E-state index in [2.05, 4.69) is 14.8 Å². The van der Waals surface area contributed by atoms with Crippen LogP contribution in [0.25, 0.3) is 0 Å². The van der Waals surface area contributed by atoms with Gasteiger partial charge in [0, 0.05) is 11.3 Å². The van der Waals surface area contributed by atoms with Gasteiger partial charge in [0.15, 0.2) is 5.78 Å². The van der Waals surface area contributed by atoms with E-state index in [9.17, 15) is 18.0 Å². The molecule has 0 aliphatic heterocycles. The van der Waals surface area contributed by atoms with Gasteiger partial charge in [0.2, 0.25) is 0 Å². The maximum Gasteiger partial charge on any atom is 0.417 e. The molecule has 0 bridgehead atoms. The smallest absolute Gasteiger partial charge is 0.293 e. The zero-order valence-electron chi connectivity index (χ0n) is 9.34. The van der Waals surface area contributed by atoms with E-state index < -0.39 is 26.0 Å². The molecule has 17 heavy (non-hydrogen) atoms. The van der Waals surface area contributed by atoms with Crippen LogP contribution in [0.4, 0.5) is 13.2 Å². The molecular weight excluding hydrogens is 317 g/mol. The SMILES string of the molecule is CS(C)(Br)CC(=O)c1ccccc1C(F)(F)F. The number of alkyl halides is 3. The molecular formula is C11H12BrF3OS. The Kier molecular flexibility index (Phi) is 4.30. The molecule has 1 rings (SSSR count). The van der Waals surface area contributed by atoms with E-state index in [0.717, 1.165) is 6.07 Å². The van der Waals surface area contributed by atoms with Crippen molar-refractivity contribution in [3.8, 4) is 0 Å². The first-order valence-electron chi connectivity index (χ1n) is 4.71. The van der Waals surface area contributed by atoms with E-state index >= 15 is 0 Å². The van der Waals surface area contributed by atoms with Crippen LogP contribution >= 0.6 is 23.3 Å². The molecule has 0 amide bonds. The maximum atomic E-state index is 12.7. The molecule has 0 radical (unpaired) electrons. The molecule has 0 atom stereocenters. The van der Waals surface area contributed by atoms with Crippen molar-refractivity contribution in [2.45, 2.75) is 6.18 Å². The summed E-state index contributed by atoms with van der Waals surface area (Å²) in [5, 5.41) is 0. The lowest BCUT2D eigenvalue weighted by molar-refractivity contribution is -0.137. The van der Waals surface area contributed by atoms with Crippen molar-refractivity contribution in [3.05, 3.63) is 35.4 Å². The second kappa shape index (κ2) is 5.02. The lowest BCUT2D eigenvalue weighted by atomic mass is 10.0. The van der Waals surface area contributed by atoms with Crippen molar-refractivity contribution < 1.29 is 18.0 Å². The van der Waals surface area contributed by atoms with Crippen LogP contribution in [0, 0.1) is 0 Å². The van der Waals surface area contributed by atoms with Crippen molar-refractivity contribution in [1.29, 1.82) is 0 Å². The van der Waals surface area contributed by atoms with Crippen LogP contribution in [-0.2, 0) is 6.18 Å². The van der Waals surface area contributed by atoms with Gasteiger partial charge in [-0.25, -0.2) is 0 Å². The molecule has 0 fully saturated rings. The Bertz CT molecular complexity index is 423. The molecule has 0 aromatic heterocycles. The molecule has 0 aliphatic carbocycles. The van der Waals surface area contributed by atoms with Gasteiger partial charge in [-0.05, 0) is 33.4 Å². The number of hydrogen-bond donors (Lipinski definition) is 0. The molecule has 0 unspecified atom stereocenters. The van der Waals surface area contributed by atoms with E-state index in [-0.39, 0.29) is 11.3 Å². The molecule has 96 valence electrons. The van der Waals surface area contributed by atoms with E-state index in [0.29, 0.717) is 0 Å². The lowest BCUT2D eigenvalue weighted by Gasteiger charge is -2.22. The highest BCUT2D eigenvalue weighted by molar-refractivity contribution is 9.58. The third-order valence-corrected chi connectivity index (χ3v) is 3.64. The highest BCUT2D eigenvalue weighted by Gasteiger charge is 2.35. The molecule has 0 N–H and O–H groups in total. The molecule has 0 saturated carbocycles. The van der Waals surface area contributed by atoms with Crippen molar-refractivity contribution in [1.82, 2.24) is 0 Å². The zero-order chi connectivity index (χ0) is 13.3. The molecule has 1 nitrogen and oxygen atoms in total. The molecule has 1 aromatic carbocycles. The van der Waals surface area contributed by atoms with Crippen molar-refractivity contribution in [2.75, 3.05) is 18.3 Å². The normalized spacial score (nSPS) is 13.5. The van der Waals surface area contributed by atoms with Crippen LogP contribution in [0.5, 0.6) is 0 Å². The molecule has 0 heterocycles. The lowest BCUT2D eigenvalue weighted by Crippen LogP contribution is -2.16. The minimum atomic E-state index is -4.49. The molecule has 6 heteroatoms. The number of Topliss-reactive ketones (excluding diaryl/α,β-unsaturated/α-hetero) is 1. The first kappa shape index (κ1) is 14.6. The summed E-state index contributed by atoms with van der Waals surface area (Å²) in [5.41, 5.74) is -1.11. The van der Waals surface area contributed by atoms with Gasteiger partial charge in [0.1, 0.15) is 0 Å². The predicted molar refractivity (Wildman–Crippen MR) is 69.0 cm³/mol. The highest BCUT2D eigenvalue weighted by atomic mass is 79.9. The fourth-order valence-electron chi connectivity index (χ4n) is 1.36. The summed E-state index contributed by atoms with van der Waals surface area (Å²) in [4.78, 5) is 11.8. The average molecular weight is 329 g/mol. The summed E-state index contributed by atoms with van der Waals surface area (Å²) in [5.74, 6) is -0.380. The monoisotopic (exact) mass is 328 g/mol. The van der Waals surface area contributed by atoms with Crippen LogP contribution in [-0.4, -0.2) is 24.0 Å². The Morgan fingerprint density at radius 2 is 1.82 bits per heavy atom. The van der Waals surface area contributed by atoms with Crippen LogP contribution in [0.3, 0.4) is 0 Å². The van der Waals surface area contributed by atoms with Crippen molar-refractivity contribution in [2.24, 2.45) is 0 Å². The number of carbonyl (C=O) groups is 1. The maximum absolute atomic E-state index is 12.7. The minimum absolute atomic E-state index is 0.0973. The number of halogens is 4. The number of benzene rings is 1. The number of ketones is 1. The van der Waals surface area contributed by atoms with Gasteiger partial charge in [-0.2, -0.15) is 21.6 Å². The van der Waals surface area contributed by atoms with Crippen LogP contribution in [0.15, 0.2) is 24.3 Å². The van der Waals surface area contributed by atoms with Gasteiger partial charge in [-0.15, -0.1) is 0 Å². The van der Waals surface area contributed by atoms with E-state index in [1.54, 1.807) is 0 Å². The Labute approximate surface area is 107 Å². The minimum Gasteiger partial charge on any atom is -0.293 e. The van der Waals surface area contributed by atoms with Gasteiger partial charge >= 0.3 is 6.18 Å². The van der Waals surface area contributed by atoms with E-state index in [4.69, 9.17) is 0 Å². The summed E-state index contributed by atoms with van der Waals surface area (Å²) in [7, 11) is -1.34. The van der Waals surface area contributed by atoms with Gasteiger partial charge in [-0.3, -0.25) is 4.79 Å². The third kappa shape index (κ3) is 4.35. The summed E-state index contributed by atoms with van der Waals surface area (Å²) in [6.07, 6.45) is -0.847. The van der Waals surface area contributed by atoms with Crippen molar-refractivity contribution >= 4 is 29.1 Å². The van der Waals surface area contributed by atoms with E-state index in [1.165, 1.54) is 18.2 Å². The average Bonchev–Trinajstić information content (AvgIpc) is 2.13. The first-order chi connectivity index (χ1) is 7.61.